The quantitative estimate of drug-likeness (QED) is 0.820. The van der Waals surface area contributed by atoms with Crippen LogP contribution in [0.5, 0.6) is 0 Å². The molecular weight excluding hydrogens is 216 g/mol. The molecule has 6 heteroatoms. The molecule has 2 heterocycles. The first-order valence-corrected chi connectivity index (χ1v) is 5.59. The zero-order valence-electron chi connectivity index (χ0n) is 8.34. The van der Waals surface area contributed by atoms with E-state index in [0.29, 0.717) is 13.2 Å². The van der Waals surface area contributed by atoms with Gasteiger partial charge in [0.15, 0.2) is 10.8 Å². The third-order valence-electron chi connectivity index (χ3n) is 2.32. The molecule has 0 saturated carbocycles. The van der Waals surface area contributed by atoms with Crippen molar-refractivity contribution in [2.75, 3.05) is 24.7 Å². The number of ether oxygens (including phenoxy) is 1. The molecule has 2 rings (SSSR count). The fourth-order valence-electron chi connectivity index (χ4n) is 1.51. The number of aromatic carboxylic acids is 1. The smallest absolute Gasteiger partial charge is 0.355 e. The number of rotatable bonds is 2. The first-order chi connectivity index (χ1) is 7.18. The van der Waals surface area contributed by atoms with Gasteiger partial charge in [0.1, 0.15) is 0 Å². The van der Waals surface area contributed by atoms with E-state index in [-0.39, 0.29) is 11.7 Å². The normalized spacial score (nSPS) is 21.7. The molecule has 1 N–H and O–H groups in total. The van der Waals surface area contributed by atoms with Crippen LogP contribution in [-0.4, -0.2) is 41.9 Å². The Morgan fingerprint density at radius 2 is 2.60 bits per heavy atom. The van der Waals surface area contributed by atoms with Crippen molar-refractivity contribution in [1.29, 1.82) is 0 Å². The number of hydrogen-bond acceptors (Lipinski definition) is 5. The largest absolute Gasteiger partial charge is 0.476 e. The molecule has 1 atom stereocenters. The molecule has 0 bridgehead atoms. The van der Waals surface area contributed by atoms with E-state index in [1.807, 2.05) is 6.92 Å². The van der Waals surface area contributed by atoms with Gasteiger partial charge in [0.05, 0.1) is 19.3 Å². The van der Waals surface area contributed by atoms with E-state index in [9.17, 15) is 4.79 Å². The Morgan fingerprint density at radius 1 is 1.80 bits per heavy atom. The van der Waals surface area contributed by atoms with Crippen LogP contribution in [0.1, 0.15) is 17.4 Å². The van der Waals surface area contributed by atoms with Crippen LogP contribution in [0.25, 0.3) is 0 Å². The maximum atomic E-state index is 10.7. The number of hydrogen-bond donors (Lipinski definition) is 1. The summed E-state index contributed by atoms with van der Waals surface area (Å²) in [5.41, 5.74) is 0.119. The highest BCUT2D eigenvalue weighted by Gasteiger charge is 2.22. The van der Waals surface area contributed by atoms with Crippen LogP contribution in [0.2, 0.25) is 0 Å². The Kier molecular flexibility index (Phi) is 2.88. The van der Waals surface area contributed by atoms with E-state index in [1.165, 1.54) is 11.3 Å². The van der Waals surface area contributed by atoms with Crippen LogP contribution in [0, 0.1) is 0 Å². The summed E-state index contributed by atoms with van der Waals surface area (Å²) in [7, 11) is 0. The number of morpholine rings is 1. The molecule has 1 saturated heterocycles. The molecule has 0 spiro atoms. The Bertz CT molecular complexity index is 366. The lowest BCUT2D eigenvalue weighted by atomic mass is 10.3. The third-order valence-corrected chi connectivity index (χ3v) is 3.20. The number of aromatic nitrogens is 1. The van der Waals surface area contributed by atoms with Crippen LogP contribution >= 0.6 is 11.3 Å². The fourth-order valence-corrected chi connectivity index (χ4v) is 2.43. The second-order valence-corrected chi connectivity index (χ2v) is 4.27. The molecule has 82 valence electrons. The van der Waals surface area contributed by atoms with Crippen molar-refractivity contribution in [3.8, 4) is 0 Å². The highest BCUT2D eigenvalue weighted by Crippen LogP contribution is 2.23. The zero-order chi connectivity index (χ0) is 10.8. The average molecular weight is 228 g/mol. The van der Waals surface area contributed by atoms with E-state index in [0.717, 1.165) is 11.7 Å². The predicted octanol–water partition coefficient (Wildman–Crippen LogP) is 1.07. The lowest BCUT2D eigenvalue weighted by Gasteiger charge is -2.32. The molecule has 0 amide bonds. The molecule has 0 radical (unpaired) electrons. The van der Waals surface area contributed by atoms with Crippen LogP contribution < -0.4 is 4.90 Å². The van der Waals surface area contributed by atoms with Crippen LogP contribution in [0.15, 0.2) is 5.38 Å². The summed E-state index contributed by atoms with van der Waals surface area (Å²) in [5.74, 6) is -0.974. The van der Waals surface area contributed by atoms with Crippen molar-refractivity contribution in [2.45, 2.75) is 13.0 Å². The van der Waals surface area contributed by atoms with Crippen LogP contribution in [-0.2, 0) is 4.74 Å². The number of carboxylic acids is 1. The van der Waals surface area contributed by atoms with Gasteiger partial charge in [-0.1, -0.05) is 0 Å². The number of carbonyl (C=O) groups is 1. The molecule has 0 unspecified atom stereocenters. The summed E-state index contributed by atoms with van der Waals surface area (Å²) in [4.78, 5) is 16.8. The molecule has 1 aliphatic rings. The summed E-state index contributed by atoms with van der Waals surface area (Å²) in [6.45, 7) is 4.16. The summed E-state index contributed by atoms with van der Waals surface area (Å²) < 4.78 is 5.31. The van der Waals surface area contributed by atoms with Gasteiger partial charge in [-0.3, -0.25) is 0 Å². The SMILES string of the molecule is C[C@H]1COCCN1c1nc(C(=O)O)cs1. The van der Waals surface area contributed by atoms with Crippen molar-refractivity contribution in [3.63, 3.8) is 0 Å². The van der Waals surface area contributed by atoms with Gasteiger partial charge in [0.25, 0.3) is 0 Å². The third kappa shape index (κ3) is 2.10. The van der Waals surface area contributed by atoms with Gasteiger partial charge in [0, 0.05) is 11.9 Å². The number of carboxylic acid groups (broad SMARTS) is 1. The number of nitrogens with zero attached hydrogens (tertiary/aromatic N) is 2. The standard InChI is InChI=1S/C9H12N2O3S/c1-6-4-14-3-2-11(6)9-10-7(5-15-9)8(12)13/h5-6H,2-4H2,1H3,(H,12,13)/t6-/m0/s1. The maximum Gasteiger partial charge on any atom is 0.355 e. The van der Waals surface area contributed by atoms with E-state index in [1.54, 1.807) is 5.38 Å². The second-order valence-electron chi connectivity index (χ2n) is 3.44. The maximum absolute atomic E-state index is 10.7. The van der Waals surface area contributed by atoms with Gasteiger partial charge in [0.2, 0.25) is 0 Å². The molecule has 1 aromatic heterocycles. The minimum absolute atomic E-state index is 0.119. The highest BCUT2D eigenvalue weighted by molar-refractivity contribution is 7.13. The Balaban J connectivity index is 2.17. The van der Waals surface area contributed by atoms with Crippen LogP contribution in [0.4, 0.5) is 5.13 Å². The zero-order valence-corrected chi connectivity index (χ0v) is 9.16. The Morgan fingerprint density at radius 3 is 3.20 bits per heavy atom. The van der Waals surface area contributed by atoms with Crippen molar-refractivity contribution in [2.24, 2.45) is 0 Å². The number of anilines is 1. The van der Waals surface area contributed by atoms with Gasteiger partial charge >= 0.3 is 5.97 Å². The summed E-state index contributed by atoms with van der Waals surface area (Å²) >= 11 is 1.37. The van der Waals surface area contributed by atoms with Gasteiger partial charge in [-0.25, -0.2) is 9.78 Å². The first-order valence-electron chi connectivity index (χ1n) is 4.71. The van der Waals surface area contributed by atoms with Crippen molar-refractivity contribution in [3.05, 3.63) is 11.1 Å². The Labute approximate surface area is 91.3 Å². The molecule has 1 aromatic rings. The lowest BCUT2D eigenvalue weighted by molar-refractivity contribution is 0.0691. The lowest BCUT2D eigenvalue weighted by Crippen LogP contribution is -2.43. The average Bonchev–Trinajstić information content (AvgIpc) is 2.67. The minimum Gasteiger partial charge on any atom is -0.476 e. The molecule has 15 heavy (non-hydrogen) atoms. The molecule has 1 fully saturated rings. The van der Waals surface area contributed by atoms with Gasteiger partial charge in [-0.05, 0) is 6.92 Å². The van der Waals surface area contributed by atoms with E-state index >= 15 is 0 Å². The molecular formula is C9H12N2O3S. The van der Waals surface area contributed by atoms with Crippen molar-refractivity contribution < 1.29 is 14.6 Å². The van der Waals surface area contributed by atoms with E-state index in [4.69, 9.17) is 9.84 Å². The summed E-state index contributed by atoms with van der Waals surface area (Å²) in [6, 6.07) is 0.256. The molecule has 0 aliphatic carbocycles. The van der Waals surface area contributed by atoms with Crippen molar-refractivity contribution in [1.82, 2.24) is 4.98 Å². The Hall–Kier alpha value is -1.14. The monoisotopic (exact) mass is 228 g/mol. The fraction of sp³-hybridized carbons (Fsp3) is 0.556. The summed E-state index contributed by atoms with van der Waals surface area (Å²) in [6.07, 6.45) is 0. The van der Waals surface area contributed by atoms with Gasteiger partial charge in [-0.2, -0.15) is 0 Å². The van der Waals surface area contributed by atoms with Gasteiger partial charge < -0.3 is 14.7 Å². The molecule has 0 aromatic carbocycles. The summed E-state index contributed by atoms with van der Waals surface area (Å²) in [5, 5.41) is 11.1. The topological polar surface area (TPSA) is 62.7 Å². The predicted molar refractivity (Wildman–Crippen MR) is 56.7 cm³/mol. The molecule has 1 aliphatic heterocycles. The minimum atomic E-state index is -0.974. The number of thiazole rings is 1. The van der Waals surface area contributed by atoms with Crippen molar-refractivity contribution >= 4 is 22.4 Å². The highest BCUT2D eigenvalue weighted by atomic mass is 32.1. The second kappa shape index (κ2) is 4.16. The van der Waals surface area contributed by atoms with Gasteiger partial charge in [-0.15, -0.1) is 11.3 Å². The first kappa shape index (κ1) is 10.4. The van der Waals surface area contributed by atoms with Crippen LogP contribution in [0.3, 0.4) is 0 Å². The molecule has 5 nitrogen and oxygen atoms in total. The van der Waals surface area contributed by atoms with E-state index in [2.05, 4.69) is 9.88 Å². The van der Waals surface area contributed by atoms with E-state index < -0.39 is 5.97 Å².